The van der Waals surface area contributed by atoms with Gasteiger partial charge in [-0.15, -0.1) is 0 Å². The highest BCUT2D eigenvalue weighted by atomic mass is 28.4. The average molecular weight is 361 g/mol. The molecule has 1 aliphatic heterocycles. The van der Waals surface area contributed by atoms with Gasteiger partial charge in [0.25, 0.3) is 0 Å². The molecular weight excluding hydrogens is 324 g/mol. The summed E-state index contributed by atoms with van der Waals surface area (Å²) in [6.07, 6.45) is 2.90. The van der Waals surface area contributed by atoms with E-state index in [1.165, 1.54) is 0 Å². The summed E-state index contributed by atoms with van der Waals surface area (Å²) in [6, 6.07) is 0. The molecule has 1 aliphatic rings. The van der Waals surface area contributed by atoms with E-state index in [0.29, 0.717) is 6.42 Å². The van der Waals surface area contributed by atoms with Gasteiger partial charge >= 0.3 is 0 Å². The van der Waals surface area contributed by atoms with Crippen molar-refractivity contribution in [2.45, 2.75) is 83.1 Å². The Kier molecular flexibility index (Phi) is 8.10. The maximum absolute atomic E-state index is 10.1. The Morgan fingerprint density at radius 1 is 1.21 bits per heavy atom. The lowest BCUT2D eigenvalue weighted by Gasteiger charge is -2.42. The maximum Gasteiger partial charge on any atom is 0.192 e. The first-order valence-corrected chi connectivity index (χ1v) is 11.9. The molecule has 6 heteroatoms. The van der Waals surface area contributed by atoms with Crippen LogP contribution in [0.1, 0.15) is 40.5 Å². The van der Waals surface area contributed by atoms with Gasteiger partial charge in [0.15, 0.2) is 8.32 Å². The lowest BCUT2D eigenvalue weighted by molar-refractivity contribution is -0.127. The predicted octanol–water partition coefficient (Wildman–Crippen LogP) is 2.46. The molecule has 5 nitrogen and oxygen atoms in total. The molecule has 0 amide bonds. The second-order valence-corrected chi connectivity index (χ2v) is 13.0. The highest BCUT2D eigenvalue weighted by molar-refractivity contribution is 6.74. The highest BCUT2D eigenvalue weighted by Gasteiger charge is 2.41. The van der Waals surface area contributed by atoms with Gasteiger partial charge < -0.3 is 24.5 Å². The van der Waals surface area contributed by atoms with Crippen molar-refractivity contribution < 1.29 is 24.5 Å². The van der Waals surface area contributed by atoms with Crippen molar-refractivity contribution in [3.8, 4) is 0 Å². The Morgan fingerprint density at radius 2 is 1.83 bits per heavy atom. The van der Waals surface area contributed by atoms with E-state index in [9.17, 15) is 15.3 Å². The molecule has 0 aliphatic carbocycles. The van der Waals surface area contributed by atoms with Gasteiger partial charge in [-0.05, 0) is 31.0 Å². The molecule has 0 saturated heterocycles. The van der Waals surface area contributed by atoms with Gasteiger partial charge in [-0.1, -0.05) is 39.8 Å². The zero-order valence-corrected chi connectivity index (χ0v) is 17.0. The minimum Gasteiger partial charge on any atom is -0.411 e. The zero-order valence-electron chi connectivity index (χ0n) is 16.0. The van der Waals surface area contributed by atoms with E-state index >= 15 is 0 Å². The molecule has 0 bridgehead atoms. The van der Waals surface area contributed by atoms with E-state index in [0.717, 1.165) is 6.42 Å². The van der Waals surface area contributed by atoms with Gasteiger partial charge in [-0.2, -0.15) is 0 Å². The fraction of sp³-hybridized carbons (Fsp3) is 0.889. The van der Waals surface area contributed by atoms with Crippen LogP contribution in [0.15, 0.2) is 12.2 Å². The molecule has 3 N–H and O–H groups in total. The van der Waals surface area contributed by atoms with Gasteiger partial charge in [0.1, 0.15) is 12.2 Å². The largest absolute Gasteiger partial charge is 0.411 e. The van der Waals surface area contributed by atoms with Crippen molar-refractivity contribution in [2.24, 2.45) is 5.92 Å². The summed E-state index contributed by atoms with van der Waals surface area (Å²) in [5, 5.41) is 29.3. The molecule has 1 heterocycles. The predicted molar refractivity (Wildman–Crippen MR) is 98.4 cm³/mol. The molecular formula is C18H36O5Si. The first-order chi connectivity index (χ1) is 11.1. The number of hydrogen-bond acceptors (Lipinski definition) is 5. The molecule has 0 radical (unpaired) electrons. The summed E-state index contributed by atoms with van der Waals surface area (Å²) in [6.45, 7) is 12.8. The fourth-order valence-electron chi connectivity index (χ4n) is 2.64. The lowest BCUT2D eigenvalue weighted by Crippen LogP contribution is -2.50. The van der Waals surface area contributed by atoms with E-state index in [1.54, 1.807) is 6.08 Å². The molecule has 0 aromatic carbocycles. The molecule has 0 spiro atoms. The maximum atomic E-state index is 10.1. The molecule has 0 aromatic heterocycles. The molecule has 0 unspecified atom stereocenters. The van der Waals surface area contributed by atoms with Crippen LogP contribution in [0.25, 0.3) is 0 Å². The van der Waals surface area contributed by atoms with Gasteiger partial charge in [-0.3, -0.25) is 0 Å². The van der Waals surface area contributed by atoms with E-state index in [-0.39, 0.29) is 36.4 Å². The normalized spacial score (nSPS) is 30.7. The van der Waals surface area contributed by atoms with Crippen LogP contribution in [0.3, 0.4) is 0 Å². The van der Waals surface area contributed by atoms with Crippen LogP contribution in [0, 0.1) is 5.92 Å². The van der Waals surface area contributed by atoms with Crippen LogP contribution in [0.2, 0.25) is 18.1 Å². The number of aliphatic hydroxyl groups is 3. The van der Waals surface area contributed by atoms with Gasteiger partial charge in [0.05, 0.1) is 18.8 Å². The summed E-state index contributed by atoms with van der Waals surface area (Å²) in [4.78, 5) is 0. The second-order valence-electron chi connectivity index (χ2n) is 8.27. The van der Waals surface area contributed by atoms with Crippen LogP contribution in [0.4, 0.5) is 0 Å². The van der Waals surface area contributed by atoms with Gasteiger partial charge in [-0.25, -0.2) is 0 Å². The van der Waals surface area contributed by atoms with Crippen molar-refractivity contribution in [1.29, 1.82) is 0 Å². The summed E-state index contributed by atoms with van der Waals surface area (Å²) < 4.78 is 12.6. The lowest BCUT2D eigenvalue weighted by atomic mass is 9.94. The Bertz CT molecular complexity index is 405. The molecule has 142 valence electrons. The molecule has 0 saturated carbocycles. The van der Waals surface area contributed by atoms with E-state index in [4.69, 9.17) is 9.16 Å². The second kappa shape index (κ2) is 8.92. The standard InChI is InChI=1S/C18H36O5Si/c1-7-15(23-24(5,6)18(2,3)4)16-10-13(11-19)8-9-14(21)17(12-20)22-16/h8-9,13-17,19-21H,7,10-12H2,1-6H3/t13-,14+,15-,16-,17+/m1/s1. The quantitative estimate of drug-likeness (QED) is 0.501. The van der Waals surface area contributed by atoms with E-state index < -0.39 is 20.5 Å². The molecule has 24 heavy (non-hydrogen) atoms. The van der Waals surface area contributed by atoms with Crippen molar-refractivity contribution in [3.63, 3.8) is 0 Å². The monoisotopic (exact) mass is 360 g/mol. The third-order valence-electron chi connectivity index (χ3n) is 5.33. The summed E-state index contributed by atoms with van der Waals surface area (Å²) in [5.41, 5.74) is 0. The molecule has 0 aromatic rings. The Labute approximate surface area is 147 Å². The van der Waals surface area contributed by atoms with Gasteiger partial charge in [0.2, 0.25) is 0 Å². The van der Waals surface area contributed by atoms with Gasteiger partial charge in [0, 0.05) is 12.5 Å². The van der Waals surface area contributed by atoms with Crippen LogP contribution in [-0.4, -0.2) is 61.3 Å². The zero-order chi connectivity index (χ0) is 18.5. The minimum atomic E-state index is -1.97. The molecule has 1 rings (SSSR count). The summed E-state index contributed by atoms with van der Waals surface area (Å²) in [7, 11) is -1.97. The number of ether oxygens (including phenoxy) is 1. The Hall–Kier alpha value is -0.243. The summed E-state index contributed by atoms with van der Waals surface area (Å²) in [5.74, 6) is -0.0821. The SMILES string of the molecule is CC[C@@H](O[Si](C)(C)C(C)(C)C)[C@H]1C[C@H](CO)C=C[C@H](O)[C@H](CO)O1. The number of hydrogen-bond donors (Lipinski definition) is 3. The number of rotatable bonds is 6. The minimum absolute atomic E-state index is 0.00337. The topological polar surface area (TPSA) is 79.2 Å². The van der Waals surface area contributed by atoms with Crippen molar-refractivity contribution in [2.75, 3.05) is 13.2 Å². The third kappa shape index (κ3) is 5.64. The summed E-state index contributed by atoms with van der Waals surface area (Å²) >= 11 is 0. The third-order valence-corrected chi connectivity index (χ3v) is 9.83. The van der Waals surface area contributed by atoms with Crippen molar-refractivity contribution >= 4 is 8.32 Å². The van der Waals surface area contributed by atoms with Crippen LogP contribution in [-0.2, 0) is 9.16 Å². The van der Waals surface area contributed by atoms with E-state index in [1.807, 2.05) is 6.08 Å². The van der Waals surface area contributed by atoms with E-state index in [2.05, 4.69) is 40.8 Å². The molecule has 5 atom stereocenters. The van der Waals surface area contributed by atoms with Crippen LogP contribution in [0.5, 0.6) is 0 Å². The first kappa shape index (κ1) is 21.8. The molecule has 0 fully saturated rings. The van der Waals surface area contributed by atoms with Crippen molar-refractivity contribution in [3.05, 3.63) is 12.2 Å². The average Bonchev–Trinajstić information content (AvgIpc) is 2.49. The fourth-order valence-corrected chi connectivity index (χ4v) is 4.06. The Balaban J connectivity index is 3.01. The Morgan fingerprint density at radius 3 is 2.29 bits per heavy atom. The van der Waals surface area contributed by atoms with Crippen molar-refractivity contribution in [1.82, 2.24) is 0 Å². The highest BCUT2D eigenvalue weighted by Crippen LogP contribution is 2.39. The van der Waals surface area contributed by atoms with Crippen LogP contribution < -0.4 is 0 Å². The smallest absolute Gasteiger partial charge is 0.192 e. The van der Waals surface area contributed by atoms with Crippen LogP contribution >= 0.6 is 0 Å². The number of aliphatic hydroxyl groups excluding tert-OH is 3. The first-order valence-electron chi connectivity index (χ1n) is 8.97.